The molecule has 3 nitrogen and oxygen atoms in total. The lowest BCUT2D eigenvalue weighted by Gasteiger charge is -2.01. The molecule has 3 aromatic heterocycles. The molecule has 0 atom stereocenters. The number of nitrogens with one attached hydrogen (secondary N) is 1. The first-order valence-electron chi connectivity index (χ1n) is 5.45. The smallest absolute Gasteiger partial charge is 0.216 e. The van der Waals surface area contributed by atoms with E-state index in [1.165, 1.54) is 6.20 Å². The van der Waals surface area contributed by atoms with Crippen molar-refractivity contribution in [2.75, 3.05) is 0 Å². The van der Waals surface area contributed by atoms with Crippen LogP contribution in [-0.2, 0) is 6.42 Å². The fraction of sp³-hybridized carbons (Fsp3) is 0.0769. The summed E-state index contributed by atoms with van der Waals surface area (Å²) in [6.07, 6.45) is 5.30. The normalized spacial score (nSPS) is 11.0. The third kappa shape index (κ3) is 1.95. The molecule has 3 rings (SSSR count). The van der Waals surface area contributed by atoms with Gasteiger partial charge in [0.15, 0.2) is 0 Å². The lowest BCUT2D eigenvalue weighted by molar-refractivity contribution is 0.570. The van der Waals surface area contributed by atoms with Crippen LogP contribution in [-0.4, -0.2) is 15.0 Å². The third-order valence-corrected chi connectivity index (χ3v) is 3.01. The number of fused-ring (bicyclic) bond motifs is 1. The predicted octanol–water partition coefficient (Wildman–Crippen LogP) is 3.34. The van der Waals surface area contributed by atoms with Gasteiger partial charge in [-0.25, -0.2) is 9.97 Å². The zero-order valence-electron chi connectivity index (χ0n) is 9.32. The van der Waals surface area contributed by atoms with Gasteiger partial charge in [-0.1, -0.05) is 17.7 Å². The van der Waals surface area contributed by atoms with Crippen LogP contribution in [0.25, 0.3) is 11.0 Å². The van der Waals surface area contributed by atoms with Crippen LogP contribution in [0.15, 0.2) is 36.8 Å². The molecule has 0 aromatic carbocycles. The maximum absolute atomic E-state index is 13.5. The molecule has 5 heteroatoms. The third-order valence-electron chi connectivity index (χ3n) is 2.80. The number of pyridine rings is 2. The highest BCUT2D eigenvalue weighted by atomic mass is 35.5. The Bertz CT molecular complexity index is 708. The van der Waals surface area contributed by atoms with Crippen molar-refractivity contribution in [3.05, 3.63) is 58.9 Å². The molecular weight excluding hydrogens is 253 g/mol. The van der Waals surface area contributed by atoms with Crippen LogP contribution < -0.4 is 0 Å². The average Bonchev–Trinajstić information content (AvgIpc) is 2.75. The van der Waals surface area contributed by atoms with E-state index in [-0.39, 0.29) is 0 Å². The highest BCUT2D eigenvalue weighted by Crippen LogP contribution is 2.22. The van der Waals surface area contributed by atoms with E-state index in [1.54, 1.807) is 18.3 Å². The molecule has 0 aliphatic carbocycles. The standard InChI is InChI=1S/C13H9ClFN3/c14-10-5-11-9(6-17-13(11)18-7-10)4-8-2-1-3-16-12(8)15/h1-3,5-7H,4H2,(H,17,18). The Hall–Kier alpha value is -1.94. The highest BCUT2D eigenvalue weighted by Gasteiger charge is 2.09. The maximum atomic E-state index is 13.5. The van der Waals surface area contributed by atoms with Gasteiger partial charge in [0, 0.05) is 36.0 Å². The summed E-state index contributed by atoms with van der Waals surface area (Å²) >= 11 is 5.92. The van der Waals surface area contributed by atoms with Gasteiger partial charge in [-0.15, -0.1) is 0 Å². The Morgan fingerprint density at radius 3 is 3.00 bits per heavy atom. The van der Waals surface area contributed by atoms with Gasteiger partial charge in [0.2, 0.25) is 5.95 Å². The topological polar surface area (TPSA) is 41.6 Å². The van der Waals surface area contributed by atoms with Gasteiger partial charge >= 0.3 is 0 Å². The molecule has 0 aliphatic rings. The molecule has 1 N–H and O–H groups in total. The van der Waals surface area contributed by atoms with E-state index in [2.05, 4.69) is 15.0 Å². The van der Waals surface area contributed by atoms with E-state index in [4.69, 9.17) is 11.6 Å². The predicted molar refractivity (Wildman–Crippen MR) is 68.1 cm³/mol. The van der Waals surface area contributed by atoms with Crippen LogP contribution in [0.2, 0.25) is 5.02 Å². The molecule has 0 saturated carbocycles. The SMILES string of the molecule is Fc1ncccc1Cc1c[nH]c2ncc(Cl)cc12. The number of H-pyrrole nitrogens is 1. The Morgan fingerprint density at radius 1 is 1.28 bits per heavy atom. The quantitative estimate of drug-likeness (QED) is 0.719. The number of nitrogens with zero attached hydrogens (tertiary/aromatic N) is 2. The minimum absolute atomic E-state index is 0.443. The minimum atomic E-state index is -0.443. The second-order valence-corrected chi connectivity index (χ2v) is 4.43. The number of hydrogen-bond acceptors (Lipinski definition) is 2. The highest BCUT2D eigenvalue weighted by molar-refractivity contribution is 6.31. The first-order chi connectivity index (χ1) is 8.74. The molecule has 0 bridgehead atoms. The summed E-state index contributed by atoms with van der Waals surface area (Å²) in [5.74, 6) is -0.443. The fourth-order valence-corrected chi connectivity index (χ4v) is 2.09. The molecule has 3 aromatic rings. The van der Waals surface area contributed by atoms with Gasteiger partial charge in [0.05, 0.1) is 5.02 Å². The summed E-state index contributed by atoms with van der Waals surface area (Å²) in [6.45, 7) is 0. The van der Waals surface area contributed by atoms with E-state index in [1.807, 2.05) is 12.3 Å². The second-order valence-electron chi connectivity index (χ2n) is 3.99. The zero-order valence-corrected chi connectivity index (χ0v) is 10.1. The minimum Gasteiger partial charge on any atom is -0.346 e. The molecule has 90 valence electrons. The van der Waals surface area contributed by atoms with Crippen molar-refractivity contribution >= 4 is 22.6 Å². The van der Waals surface area contributed by atoms with E-state index < -0.39 is 5.95 Å². The summed E-state index contributed by atoms with van der Waals surface area (Å²) in [5.41, 5.74) is 2.25. The second kappa shape index (κ2) is 4.38. The maximum Gasteiger partial charge on any atom is 0.216 e. The van der Waals surface area contributed by atoms with Gasteiger partial charge < -0.3 is 4.98 Å². The van der Waals surface area contributed by atoms with E-state index >= 15 is 0 Å². The molecular formula is C13H9ClFN3. The van der Waals surface area contributed by atoms with Gasteiger partial charge in [-0.05, 0) is 17.7 Å². The van der Waals surface area contributed by atoms with Gasteiger partial charge in [-0.3, -0.25) is 0 Å². The summed E-state index contributed by atoms with van der Waals surface area (Å²) in [7, 11) is 0. The zero-order chi connectivity index (χ0) is 12.5. The van der Waals surface area contributed by atoms with Crippen LogP contribution in [0.5, 0.6) is 0 Å². The lowest BCUT2D eigenvalue weighted by atomic mass is 10.1. The van der Waals surface area contributed by atoms with Crippen LogP contribution in [0, 0.1) is 5.95 Å². The van der Waals surface area contributed by atoms with E-state index in [9.17, 15) is 4.39 Å². The summed E-state index contributed by atoms with van der Waals surface area (Å²) in [6, 6.07) is 5.27. The monoisotopic (exact) mass is 261 g/mol. The molecule has 0 fully saturated rings. The van der Waals surface area contributed by atoms with Crippen molar-refractivity contribution in [2.24, 2.45) is 0 Å². The Balaban J connectivity index is 2.05. The Morgan fingerprint density at radius 2 is 2.17 bits per heavy atom. The average molecular weight is 262 g/mol. The molecule has 0 saturated heterocycles. The van der Waals surface area contributed by atoms with Crippen molar-refractivity contribution in [3.8, 4) is 0 Å². The Labute approximate surface area is 108 Å². The number of halogens is 2. The summed E-state index contributed by atoms with van der Waals surface area (Å²) < 4.78 is 13.5. The molecule has 0 radical (unpaired) electrons. The van der Waals surface area contributed by atoms with Crippen molar-refractivity contribution in [1.29, 1.82) is 0 Å². The van der Waals surface area contributed by atoms with Gasteiger partial charge in [0.1, 0.15) is 5.65 Å². The lowest BCUT2D eigenvalue weighted by Crippen LogP contribution is -1.94. The van der Waals surface area contributed by atoms with E-state index in [0.717, 1.165) is 16.6 Å². The van der Waals surface area contributed by atoms with Crippen LogP contribution >= 0.6 is 11.6 Å². The first kappa shape index (κ1) is 11.2. The number of rotatable bonds is 2. The van der Waals surface area contributed by atoms with E-state index in [0.29, 0.717) is 17.0 Å². The molecule has 0 amide bonds. The molecule has 3 heterocycles. The van der Waals surface area contributed by atoms with Crippen LogP contribution in [0.1, 0.15) is 11.1 Å². The summed E-state index contributed by atoms with van der Waals surface area (Å²) in [5, 5.41) is 1.47. The number of aromatic amines is 1. The Kier molecular flexibility index (Phi) is 2.72. The first-order valence-corrected chi connectivity index (χ1v) is 5.83. The van der Waals surface area contributed by atoms with Gasteiger partial charge in [0.25, 0.3) is 0 Å². The molecule has 0 aliphatic heterocycles. The number of aromatic nitrogens is 3. The van der Waals surface area contributed by atoms with Crippen molar-refractivity contribution in [3.63, 3.8) is 0 Å². The fourth-order valence-electron chi connectivity index (χ4n) is 1.93. The molecule has 18 heavy (non-hydrogen) atoms. The van der Waals surface area contributed by atoms with Crippen molar-refractivity contribution in [1.82, 2.24) is 15.0 Å². The van der Waals surface area contributed by atoms with Crippen LogP contribution in [0.3, 0.4) is 0 Å². The molecule has 0 spiro atoms. The van der Waals surface area contributed by atoms with Gasteiger partial charge in [-0.2, -0.15) is 4.39 Å². The van der Waals surface area contributed by atoms with Crippen molar-refractivity contribution < 1.29 is 4.39 Å². The summed E-state index contributed by atoms with van der Waals surface area (Å²) in [4.78, 5) is 10.8. The number of hydrogen-bond donors (Lipinski definition) is 1. The largest absolute Gasteiger partial charge is 0.346 e. The van der Waals surface area contributed by atoms with Crippen molar-refractivity contribution in [2.45, 2.75) is 6.42 Å². The van der Waals surface area contributed by atoms with Crippen LogP contribution in [0.4, 0.5) is 4.39 Å². The molecule has 0 unspecified atom stereocenters.